The van der Waals surface area contributed by atoms with Gasteiger partial charge in [-0.1, -0.05) is 26.0 Å². The van der Waals surface area contributed by atoms with Crippen molar-refractivity contribution in [3.8, 4) is 5.75 Å². The molecule has 0 spiro atoms. The lowest BCUT2D eigenvalue weighted by molar-refractivity contribution is -0.133. The molecule has 27 heavy (non-hydrogen) atoms. The Morgan fingerprint density at radius 2 is 2.04 bits per heavy atom. The van der Waals surface area contributed by atoms with Gasteiger partial charge in [0.1, 0.15) is 12.4 Å². The van der Waals surface area contributed by atoms with E-state index >= 15 is 0 Å². The van der Waals surface area contributed by atoms with Crippen molar-refractivity contribution in [3.63, 3.8) is 0 Å². The van der Waals surface area contributed by atoms with Crippen LogP contribution in [0.15, 0.2) is 42.7 Å². The predicted molar refractivity (Wildman–Crippen MR) is 103 cm³/mol. The van der Waals surface area contributed by atoms with Crippen molar-refractivity contribution in [2.45, 2.75) is 25.9 Å². The van der Waals surface area contributed by atoms with E-state index in [1.165, 1.54) is 5.56 Å². The molecule has 0 saturated carbocycles. The van der Waals surface area contributed by atoms with Gasteiger partial charge in [0.25, 0.3) is 5.91 Å². The van der Waals surface area contributed by atoms with Gasteiger partial charge in [0.05, 0.1) is 19.7 Å². The fraction of sp³-hybridized carbons (Fsp3) is 0.450. The molecular weight excluding hydrogens is 344 g/mol. The van der Waals surface area contributed by atoms with Crippen molar-refractivity contribution in [1.29, 1.82) is 0 Å². The lowest BCUT2D eigenvalue weighted by atomic mass is 10.0. The van der Waals surface area contributed by atoms with Crippen molar-refractivity contribution in [2.24, 2.45) is 0 Å². The fourth-order valence-electron chi connectivity index (χ4n) is 2.85. The van der Waals surface area contributed by atoms with Crippen LogP contribution in [-0.2, 0) is 9.53 Å². The van der Waals surface area contributed by atoms with Crippen molar-refractivity contribution < 1.29 is 14.3 Å². The van der Waals surface area contributed by atoms with Gasteiger partial charge in [-0.2, -0.15) is 0 Å². The Balaban J connectivity index is 1.41. The standard InChI is InChI=1S/C20H26N4O3/c1-15(2)16-4-6-17(7-5-16)26-12-10-21-19(25)18-14-24(11-13-27-18)20-22-8-3-9-23-20/h3-9,15,18H,10-14H2,1-2H3,(H,21,25). The zero-order chi connectivity index (χ0) is 19.1. The first kappa shape index (κ1) is 19.1. The van der Waals surface area contributed by atoms with E-state index in [0.717, 1.165) is 5.75 Å². The topological polar surface area (TPSA) is 76.6 Å². The Kier molecular flexibility index (Phi) is 6.59. The first-order valence-corrected chi connectivity index (χ1v) is 9.27. The summed E-state index contributed by atoms with van der Waals surface area (Å²) in [6, 6.07) is 9.81. The Bertz CT molecular complexity index is 722. The molecule has 0 bridgehead atoms. The summed E-state index contributed by atoms with van der Waals surface area (Å²) in [5.74, 6) is 1.77. The number of carbonyl (C=O) groups is 1. The Morgan fingerprint density at radius 3 is 2.74 bits per heavy atom. The van der Waals surface area contributed by atoms with Gasteiger partial charge in [-0.05, 0) is 29.7 Å². The number of rotatable bonds is 7. The highest BCUT2D eigenvalue weighted by Gasteiger charge is 2.27. The van der Waals surface area contributed by atoms with Gasteiger partial charge in [0.15, 0.2) is 6.10 Å². The summed E-state index contributed by atoms with van der Waals surface area (Å²) in [4.78, 5) is 22.8. The summed E-state index contributed by atoms with van der Waals surface area (Å²) >= 11 is 0. The zero-order valence-electron chi connectivity index (χ0n) is 15.8. The monoisotopic (exact) mass is 370 g/mol. The van der Waals surface area contributed by atoms with Crippen LogP contribution in [0, 0.1) is 0 Å². The molecule has 1 aromatic carbocycles. The van der Waals surface area contributed by atoms with Crippen LogP contribution in [0.5, 0.6) is 5.75 Å². The van der Waals surface area contributed by atoms with E-state index in [0.29, 0.717) is 44.7 Å². The number of benzene rings is 1. The van der Waals surface area contributed by atoms with Crippen LogP contribution in [0.1, 0.15) is 25.3 Å². The van der Waals surface area contributed by atoms with Crippen molar-refractivity contribution in [1.82, 2.24) is 15.3 Å². The van der Waals surface area contributed by atoms with E-state index < -0.39 is 6.10 Å². The first-order chi connectivity index (χ1) is 13.1. The molecule has 1 saturated heterocycles. The maximum Gasteiger partial charge on any atom is 0.251 e. The normalized spacial score (nSPS) is 17.0. The summed E-state index contributed by atoms with van der Waals surface area (Å²) in [6.45, 7) is 6.72. The number of amides is 1. The van der Waals surface area contributed by atoms with Crippen LogP contribution in [0.2, 0.25) is 0 Å². The molecule has 1 aliphatic rings. The highest BCUT2D eigenvalue weighted by molar-refractivity contribution is 5.81. The van der Waals surface area contributed by atoms with Crippen LogP contribution in [-0.4, -0.2) is 54.8 Å². The average molecular weight is 370 g/mol. The van der Waals surface area contributed by atoms with E-state index in [4.69, 9.17) is 9.47 Å². The molecule has 2 heterocycles. The third kappa shape index (κ3) is 5.40. The molecule has 7 nitrogen and oxygen atoms in total. The minimum absolute atomic E-state index is 0.144. The quantitative estimate of drug-likeness (QED) is 0.752. The number of ether oxygens (including phenoxy) is 2. The molecule has 7 heteroatoms. The summed E-state index contributed by atoms with van der Waals surface area (Å²) in [6.07, 6.45) is 2.85. The van der Waals surface area contributed by atoms with Crippen LogP contribution >= 0.6 is 0 Å². The second kappa shape index (κ2) is 9.32. The van der Waals surface area contributed by atoms with Crippen LogP contribution < -0.4 is 15.0 Å². The molecule has 2 aromatic rings. The number of nitrogens with one attached hydrogen (secondary N) is 1. The van der Waals surface area contributed by atoms with Crippen LogP contribution in [0.4, 0.5) is 5.95 Å². The number of hydrogen-bond donors (Lipinski definition) is 1. The maximum absolute atomic E-state index is 12.3. The summed E-state index contributed by atoms with van der Waals surface area (Å²) in [5.41, 5.74) is 1.28. The molecule has 1 atom stereocenters. The maximum atomic E-state index is 12.3. The zero-order valence-corrected chi connectivity index (χ0v) is 15.8. The second-order valence-corrected chi connectivity index (χ2v) is 6.72. The van der Waals surface area contributed by atoms with Gasteiger partial charge in [-0.15, -0.1) is 0 Å². The molecule has 1 unspecified atom stereocenters. The summed E-state index contributed by atoms with van der Waals surface area (Å²) in [5, 5.41) is 2.87. The Labute approximate surface area is 159 Å². The number of nitrogens with zero attached hydrogens (tertiary/aromatic N) is 3. The molecule has 1 aromatic heterocycles. The molecule has 1 N–H and O–H groups in total. The van der Waals surface area contributed by atoms with Crippen molar-refractivity contribution in [3.05, 3.63) is 48.3 Å². The SMILES string of the molecule is CC(C)c1ccc(OCCNC(=O)C2CN(c3ncccn3)CCO2)cc1. The highest BCUT2D eigenvalue weighted by atomic mass is 16.5. The number of aromatic nitrogens is 2. The number of carbonyl (C=O) groups excluding carboxylic acids is 1. The molecule has 0 aliphatic carbocycles. The van der Waals surface area contributed by atoms with Crippen molar-refractivity contribution in [2.75, 3.05) is 37.7 Å². The van der Waals surface area contributed by atoms with Gasteiger partial charge >= 0.3 is 0 Å². The van der Waals surface area contributed by atoms with Gasteiger partial charge in [0, 0.05) is 18.9 Å². The molecule has 1 amide bonds. The van der Waals surface area contributed by atoms with E-state index in [2.05, 4.69) is 41.3 Å². The highest BCUT2D eigenvalue weighted by Crippen LogP contribution is 2.18. The average Bonchev–Trinajstić information content (AvgIpc) is 2.72. The van der Waals surface area contributed by atoms with Crippen LogP contribution in [0.3, 0.4) is 0 Å². The summed E-state index contributed by atoms with van der Waals surface area (Å²) in [7, 11) is 0. The number of hydrogen-bond acceptors (Lipinski definition) is 6. The van der Waals surface area contributed by atoms with Gasteiger partial charge in [-0.3, -0.25) is 4.79 Å². The largest absolute Gasteiger partial charge is 0.492 e. The first-order valence-electron chi connectivity index (χ1n) is 9.27. The molecule has 1 aliphatic heterocycles. The molecule has 0 radical (unpaired) electrons. The van der Waals surface area contributed by atoms with E-state index in [1.807, 2.05) is 17.0 Å². The molecule has 3 rings (SSSR count). The van der Waals surface area contributed by atoms with E-state index in [-0.39, 0.29) is 5.91 Å². The van der Waals surface area contributed by atoms with Gasteiger partial charge in [-0.25, -0.2) is 9.97 Å². The number of anilines is 1. The minimum atomic E-state index is -0.534. The Hall–Kier alpha value is -2.67. The smallest absolute Gasteiger partial charge is 0.251 e. The lowest BCUT2D eigenvalue weighted by Gasteiger charge is -2.32. The van der Waals surface area contributed by atoms with Gasteiger partial charge < -0.3 is 19.7 Å². The third-order valence-corrected chi connectivity index (χ3v) is 4.41. The molecule has 1 fully saturated rings. The minimum Gasteiger partial charge on any atom is -0.492 e. The second-order valence-electron chi connectivity index (χ2n) is 6.72. The van der Waals surface area contributed by atoms with Gasteiger partial charge in [0.2, 0.25) is 5.95 Å². The van der Waals surface area contributed by atoms with E-state index in [1.54, 1.807) is 18.5 Å². The fourth-order valence-corrected chi connectivity index (χ4v) is 2.85. The Morgan fingerprint density at radius 1 is 1.30 bits per heavy atom. The lowest BCUT2D eigenvalue weighted by Crippen LogP contribution is -2.50. The molecular formula is C20H26N4O3. The van der Waals surface area contributed by atoms with E-state index in [9.17, 15) is 4.79 Å². The van der Waals surface area contributed by atoms with Crippen molar-refractivity contribution >= 4 is 11.9 Å². The third-order valence-electron chi connectivity index (χ3n) is 4.41. The van der Waals surface area contributed by atoms with Crippen LogP contribution in [0.25, 0.3) is 0 Å². The predicted octanol–water partition coefficient (Wildman–Crippen LogP) is 2.00. The summed E-state index contributed by atoms with van der Waals surface area (Å²) < 4.78 is 11.3. The molecule has 144 valence electrons. The number of morpholine rings is 1.